The number of nitro groups is 1. The highest BCUT2D eigenvalue weighted by Crippen LogP contribution is 2.23. The maximum Gasteiger partial charge on any atom is 0.304 e. The summed E-state index contributed by atoms with van der Waals surface area (Å²) >= 11 is 0. The molecule has 0 spiro atoms. The zero-order valence-corrected chi connectivity index (χ0v) is 11.2. The quantitative estimate of drug-likeness (QED) is 0.664. The number of phenols is 1. The molecule has 0 atom stereocenters. The Morgan fingerprint density at radius 3 is 2.29 bits per heavy atom. The number of nitrogens with zero attached hydrogens (tertiary/aromatic N) is 1. The summed E-state index contributed by atoms with van der Waals surface area (Å²) in [5.41, 5.74) is -0.895. The van der Waals surface area contributed by atoms with Crippen molar-refractivity contribution < 1.29 is 22.8 Å². The molecule has 0 unspecified atom stereocenters. The number of nitro benzene ring substituents is 1. The first kappa shape index (κ1) is 14.7. The van der Waals surface area contributed by atoms with E-state index in [0.29, 0.717) is 0 Å². The van der Waals surface area contributed by atoms with Gasteiger partial charge in [-0.25, -0.2) is 8.42 Å². The standard InChI is InChI=1S/C12H9FN2O5S/c13-11-7-8(1-6-12(11)15(17)18)14-21(19,20)10-4-2-9(16)3-5-10/h1-7,14,16H. The highest BCUT2D eigenvalue weighted by atomic mass is 32.2. The van der Waals surface area contributed by atoms with E-state index in [-0.39, 0.29) is 16.3 Å². The lowest BCUT2D eigenvalue weighted by atomic mass is 10.3. The molecular formula is C12H9FN2O5S. The van der Waals surface area contributed by atoms with Crippen LogP contribution in [0.4, 0.5) is 15.8 Å². The van der Waals surface area contributed by atoms with Crippen molar-refractivity contribution >= 4 is 21.4 Å². The van der Waals surface area contributed by atoms with Crippen molar-refractivity contribution in [3.63, 3.8) is 0 Å². The van der Waals surface area contributed by atoms with E-state index in [1.807, 2.05) is 0 Å². The maximum absolute atomic E-state index is 13.4. The molecule has 0 fully saturated rings. The number of benzene rings is 2. The Hall–Kier alpha value is -2.68. The van der Waals surface area contributed by atoms with E-state index in [2.05, 4.69) is 4.72 Å². The van der Waals surface area contributed by atoms with Gasteiger partial charge in [0.1, 0.15) is 5.75 Å². The zero-order chi connectivity index (χ0) is 15.6. The van der Waals surface area contributed by atoms with Crippen molar-refractivity contribution in [2.75, 3.05) is 4.72 Å². The molecule has 2 N–H and O–H groups in total. The van der Waals surface area contributed by atoms with Crippen LogP contribution in [-0.2, 0) is 10.0 Å². The van der Waals surface area contributed by atoms with Crippen molar-refractivity contribution in [2.24, 2.45) is 0 Å². The van der Waals surface area contributed by atoms with E-state index in [4.69, 9.17) is 5.11 Å². The minimum Gasteiger partial charge on any atom is -0.508 e. The minimum atomic E-state index is -3.98. The van der Waals surface area contributed by atoms with Crippen LogP contribution in [0.1, 0.15) is 0 Å². The van der Waals surface area contributed by atoms with Crippen molar-refractivity contribution in [3.8, 4) is 5.75 Å². The Bertz CT molecular complexity index is 790. The Kier molecular flexibility index (Phi) is 3.76. The predicted octanol–water partition coefficient (Wildman–Crippen LogP) is 2.24. The summed E-state index contributed by atoms with van der Waals surface area (Å²) < 4.78 is 39.5. The van der Waals surface area contributed by atoms with E-state index < -0.39 is 26.5 Å². The molecule has 2 aromatic rings. The van der Waals surface area contributed by atoms with Gasteiger partial charge in [0.05, 0.1) is 15.5 Å². The third-order valence-corrected chi connectivity index (χ3v) is 3.94. The number of sulfonamides is 1. The van der Waals surface area contributed by atoms with E-state index in [9.17, 15) is 22.9 Å². The lowest BCUT2D eigenvalue weighted by Gasteiger charge is -2.08. The normalized spacial score (nSPS) is 11.1. The number of nitrogens with one attached hydrogen (secondary N) is 1. The van der Waals surface area contributed by atoms with Gasteiger partial charge in [0.15, 0.2) is 0 Å². The SMILES string of the molecule is O=[N+]([O-])c1ccc(NS(=O)(=O)c2ccc(O)cc2)cc1F. The van der Waals surface area contributed by atoms with Gasteiger partial charge in [-0.15, -0.1) is 0 Å². The topological polar surface area (TPSA) is 110 Å². The second kappa shape index (κ2) is 5.37. The Labute approximate surface area is 118 Å². The number of hydrogen-bond acceptors (Lipinski definition) is 5. The first-order valence-corrected chi connectivity index (χ1v) is 7.04. The highest BCUT2D eigenvalue weighted by Gasteiger charge is 2.18. The Morgan fingerprint density at radius 2 is 1.76 bits per heavy atom. The molecule has 0 saturated carbocycles. The molecule has 0 heterocycles. The molecule has 0 saturated heterocycles. The summed E-state index contributed by atoms with van der Waals surface area (Å²) in [5.74, 6) is -1.25. The molecule has 0 bridgehead atoms. The molecule has 110 valence electrons. The van der Waals surface area contributed by atoms with Gasteiger partial charge in [-0.1, -0.05) is 0 Å². The first-order chi connectivity index (χ1) is 9.79. The number of phenolic OH excluding ortho intramolecular Hbond substituents is 1. The van der Waals surface area contributed by atoms with Gasteiger partial charge >= 0.3 is 5.69 Å². The highest BCUT2D eigenvalue weighted by molar-refractivity contribution is 7.92. The summed E-state index contributed by atoms with van der Waals surface area (Å²) in [6.07, 6.45) is 0. The molecule has 0 radical (unpaired) electrons. The van der Waals surface area contributed by atoms with Crippen LogP contribution >= 0.6 is 0 Å². The fourth-order valence-electron chi connectivity index (χ4n) is 1.56. The van der Waals surface area contributed by atoms with E-state index >= 15 is 0 Å². The van der Waals surface area contributed by atoms with Crippen LogP contribution < -0.4 is 4.72 Å². The van der Waals surface area contributed by atoms with Crippen LogP contribution in [0.25, 0.3) is 0 Å². The van der Waals surface area contributed by atoms with Gasteiger partial charge < -0.3 is 5.11 Å². The average Bonchev–Trinajstić information content (AvgIpc) is 2.38. The lowest BCUT2D eigenvalue weighted by Crippen LogP contribution is -2.13. The third-order valence-electron chi connectivity index (χ3n) is 2.54. The van der Waals surface area contributed by atoms with E-state index in [0.717, 1.165) is 18.2 Å². The number of rotatable bonds is 4. The van der Waals surface area contributed by atoms with Crippen LogP contribution in [-0.4, -0.2) is 18.4 Å². The summed E-state index contributed by atoms with van der Waals surface area (Å²) in [7, 11) is -3.98. The number of hydrogen-bond donors (Lipinski definition) is 2. The van der Waals surface area contributed by atoms with Crippen molar-refractivity contribution in [1.29, 1.82) is 0 Å². The first-order valence-electron chi connectivity index (χ1n) is 5.55. The second-order valence-electron chi connectivity index (χ2n) is 4.02. The monoisotopic (exact) mass is 312 g/mol. The van der Waals surface area contributed by atoms with Crippen molar-refractivity contribution in [1.82, 2.24) is 0 Å². The molecule has 0 aliphatic carbocycles. The second-order valence-corrected chi connectivity index (χ2v) is 5.71. The molecule has 21 heavy (non-hydrogen) atoms. The fraction of sp³-hybridized carbons (Fsp3) is 0. The van der Waals surface area contributed by atoms with Crippen LogP contribution in [0.3, 0.4) is 0 Å². The summed E-state index contributed by atoms with van der Waals surface area (Å²) in [5, 5.41) is 19.6. The van der Waals surface area contributed by atoms with Gasteiger partial charge in [-0.05, 0) is 30.3 Å². The van der Waals surface area contributed by atoms with Gasteiger partial charge in [0.25, 0.3) is 10.0 Å². The van der Waals surface area contributed by atoms with Gasteiger partial charge in [-0.3, -0.25) is 14.8 Å². The third kappa shape index (κ3) is 3.26. The van der Waals surface area contributed by atoms with Crippen LogP contribution in [0.5, 0.6) is 5.75 Å². The number of halogens is 1. The van der Waals surface area contributed by atoms with Gasteiger partial charge in [0.2, 0.25) is 5.82 Å². The lowest BCUT2D eigenvalue weighted by molar-refractivity contribution is -0.387. The number of aromatic hydroxyl groups is 1. The predicted molar refractivity (Wildman–Crippen MR) is 72.0 cm³/mol. The summed E-state index contributed by atoms with van der Waals surface area (Å²) in [6.45, 7) is 0. The van der Waals surface area contributed by atoms with Crippen LogP contribution in [0, 0.1) is 15.9 Å². The summed E-state index contributed by atoms with van der Waals surface area (Å²) in [6, 6.07) is 7.37. The Balaban J connectivity index is 2.31. The largest absolute Gasteiger partial charge is 0.508 e. The molecule has 0 amide bonds. The molecule has 9 heteroatoms. The maximum atomic E-state index is 13.4. The minimum absolute atomic E-state index is 0.102. The Morgan fingerprint density at radius 1 is 1.14 bits per heavy atom. The molecule has 0 aromatic heterocycles. The van der Waals surface area contributed by atoms with Crippen molar-refractivity contribution in [2.45, 2.75) is 4.90 Å². The van der Waals surface area contributed by atoms with E-state index in [1.54, 1.807) is 0 Å². The molecule has 0 aliphatic rings. The van der Waals surface area contributed by atoms with Crippen LogP contribution in [0.2, 0.25) is 0 Å². The van der Waals surface area contributed by atoms with Gasteiger partial charge in [0, 0.05) is 12.1 Å². The molecule has 7 nitrogen and oxygen atoms in total. The molecular weight excluding hydrogens is 303 g/mol. The number of anilines is 1. The van der Waals surface area contributed by atoms with Crippen molar-refractivity contribution in [3.05, 3.63) is 58.4 Å². The smallest absolute Gasteiger partial charge is 0.304 e. The molecule has 0 aliphatic heterocycles. The summed E-state index contributed by atoms with van der Waals surface area (Å²) in [4.78, 5) is 9.43. The molecule has 2 aromatic carbocycles. The van der Waals surface area contributed by atoms with E-state index in [1.165, 1.54) is 24.3 Å². The average molecular weight is 312 g/mol. The molecule has 2 rings (SSSR count). The zero-order valence-electron chi connectivity index (χ0n) is 10.4. The van der Waals surface area contributed by atoms with Crippen LogP contribution in [0.15, 0.2) is 47.4 Å². The van der Waals surface area contributed by atoms with Gasteiger partial charge in [-0.2, -0.15) is 4.39 Å². The fourth-order valence-corrected chi connectivity index (χ4v) is 2.61.